The largest absolute Gasteiger partial charge is 0.394 e. The Hall–Kier alpha value is -0.220. The van der Waals surface area contributed by atoms with E-state index in [1.54, 1.807) is 0 Å². The number of aliphatic hydroxyl groups excluding tert-OH is 1. The second-order valence-electron chi connectivity index (χ2n) is 4.35. The van der Waals surface area contributed by atoms with Crippen LogP contribution < -0.4 is 0 Å². The zero-order chi connectivity index (χ0) is 13.8. The third kappa shape index (κ3) is 5.19. The van der Waals surface area contributed by atoms with Gasteiger partial charge in [0.15, 0.2) is 14.9 Å². The van der Waals surface area contributed by atoms with Gasteiger partial charge in [-0.15, -0.1) is 0 Å². The van der Waals surface area contributed by atoms with E-state index < -0.39 is 24.9 Å². The van der Waals surface area contributed by atoms with Gasteiger partial charge in [0.1, 0.15) is 0 Å². The number of ether oxygens (including phenoxy) is 1. The average Bonchev–Trinajstić information content (AvgIpc) is 2.23. The lowest BCUT2D eigenvalue weighted by molar-refractivity contribution is 0.00324. The molecule has 108 valence electrons. The number of hydrogen-bond acceptors (Lipinski definition) is 6. The van der Waals surface area contributed by atoms with Crippen molar-refractivity contribution in [3.8, 4) is 0 Å². The number of sulfone groups is 1. The summed E-state index contributed by atoms with van der Waals surface area (Å²) in [6, 6.07) is 0. The number of rotatable bonds is 6. The third-order valence-electron chi connectivity index (χ3n) is 2.60. The van der Waals surface area contributed by atoms with Crippen molar-refractivity contribution in [1.29, 1.82) is 0 Å². The van der Waals surface area contributed by atoms with E-state index in [1.807, 2.05) is 0 Å². The van der Waals surface area contributed by atoms with Gasteiger partial charge < -0.3 is 9.84 Å². The van der Waals surface area contributed by atoms with Crippen molar-refractivity contribution < 1.29 is 26.7 Å². The zero-order valence-electron chi connectivity index (χ0n) is 10.3. The summed E-state index contributed by atoms with van der Waals surface area (Å²) in [6.45, 7) is 0.690. The van der Waals surface area contributed by atoms with Crippen molar-refractivity contribution in [2.75, 3.05) is 37.6 Å². The minimum atomic E-state index is -3.74. The lowest BCUT2D eigenvalue weighted by Gasteiger charge is -2.30. The fraction of sp³-hybridized carbons (Fsp3) is 1.00. The third-order valence-corrected chi connectivity index (χ3v) is 6.66. The molecule has 0 bridgehead atoms. The van der Waals surface area contributed by atoms with E-state index in [9.17, 15) is 16.8 Å². The molecule has 0 aliphatic carbocycles. The molecule has 7 nitrogen and oxygen atoms in total. The molecule has 0 aromatic carbocycles. The van der Waals surface area contributed by atoms with E-state index >= 15 is 0 Å². The van der Waals surface area contributed by atoms with Gasteiger partial charge in [-0.25, -0.2) is 21.1 Å². The van der Waals surface area contributed by atoms with Gasteiger partial charge in [-0.05, 0) is 12.8 Å². The monoisotopic (exact) mass is 301 g/mol. The molecule has 1 fully saturated rings. The Bertz CT molecular complexity index is 449. The molecule has 0 spiro atoms. The molecule has 9 heteroatoms. The van der Waals surface area contributed by atoms with Crippen molar-refractivity contribution in [1.82, 2.24) is 4.31 Å². The van der Waals surface area contributed by atoms with Crippen molar-refractivity contribution in [2.24, 2.45) is 0 Å². The van der Waals surface area contributed by atoms with E-state index in [4.69, 9.17) is 9.84 Å². The quantitative estimate of drug-likeness (QED) is 0.661. The summed E-state index contributed by atoms with van der Waals surface area (Å²) in [5.74, 6) is 0. The second kappa shape index (κ2) is 6.29. The molecule has 0 aromatic heterocycles. The zero-order valence-corrected chi connectivity index (χ0v) is 11.9. The normalized spacial score (nSPS) is 20.1. The second-order valence-corrected chi connectivity index (χ2v) is 8.82. The topological polar surface area (TPSA) is 101 Å². The summed E-state index contributed by atoms with van der Waals surface area (Å²) in [4.78, 5) is 0. The first kappa shape index (κ1) is 15.8. The van der Waals surface area contributed by atoms with Crippen molar-refractivity contribution >= 4 is 19.9 Å². The molecule has 0 radical (unpaired) electrons. The van der Waals surface area contributed by atoms with Crippen LogP contribution >= 0.6 is 0 Å². The van der Waals surface area contributed by atoms with Gasteiger partial charge in [-0.3, -0.25) is 0 Å². The highest BCUT2D eigenvalue weighted by molar-refractivity contribution is 8.06. The fourth-order valence-electron chi connectivity index (χ4n) is 1.84. The van der Waals surface area contributed by atoms with E-state index in [0.717, 1.165) is 6.26 Å². The summed E-state index contributed by atoms with van der Waals surface area (Å²) in [6.07, 6.45) is 1.87. The lowest BCUT2D eigenvalue weighted by Crippen LogP contribution is -2.43. The van der Waals surface area contributed by atoms with Crippen LogP contribution in [0.5, 0.6) is 0 Å². The van der Waals surface area contributed by atoms with E-state index in [1.165, 1.54) is 4.31 Å². The first-order valence-corrected chi connectivity index (χ1v) is 9.29. The molecule has 1 saturated heterocycles. The number of nitrogens with zero attached hydrogens (tertiary/aromatic N) is 1. The maximum Gasteiger partial charge on any atom is 0.228 e. The Morgan fingerprint density at radius 3 is 2.22 bits per heavy atom. The van der Waals surface area contributed by atoms with E-state index in [-0.39, 0.29) is 32.4 Å². The molecule has 0 amide bonds. The van der Waals surface area contributed by atoms with Crippen LogP contribution in [0.3, 0.4) is 0 Å². The number of piperidine rings is 1. The predicted molar refractivity (Wildman–Crippen MR) is 66.3 cm³/mol. The van der Waals surface area contributed by atoms with Gasteiger partial charge in [0, 0.05) is 19.3 Å². The fourth-order valence-corrected chi connectivity index (χ4v) is 5.37. The summed E-state index contributed by atoms with van der Waals surface area (Å²) >= 11 is 0. The Balaban J connectivity index is 2.52. The maximum atomic E-state index is 11.8. The van der Waals surface area contributed by atoms with Crippen LogP contribution in [0.1, 0.15) is 12.8 Å². The van der Waals surface area contributed by atoms with Gasteiger partial charge in [-0.2, -0.15) is 0 Å². The average molecular weight is 301 g/mol. The van der Waals surface area contributed by atoms with Crippen LogP contribution in [0.4, 0.5) is 0 Å². The number of sulfonamides is 1. The number of hydrogen-bond donors (Lipinski definition) is 1. The summed E-state index contributed by atoms with van der Waals surface area (Å²) in [7, 11) is -7.30. The first-order chi connectivity index (χ1) is 8.24. The Kier molecular flexibility index (Phi) is 5.53. The highest BCUT2D eigenvalue weighted by Crippen LogP contribution is 2.17. The molecule has 0 unspecified atom stereocenters. The predicted octanol–water partition coefficient (Wildman–Crippen LogP) is -1.21. The van der Waals surface area contributed by atoms with Gasteiger partial charge in [-0.1, -0.05) is 0 Å². The van der Waals surface area contributed by atoms with Gasteiger partial charge >= 0.3 is 0 Å². The smallest absolute Gasteiger partial charge is 0.228 e. The molecule has 1 aliphatic rings. The molecule has 1 N–H and O–H groups in total. The molecule has 1 rings (SSSR count). The maximum absolute atomic E-state index is 11.8. The Morgan fingerprint density at radius 2 is 1.78 bits per heavy atom. The minimum Gasteiger partial charge on any atom is -0.394 e. The highest BCUT2D eigenvalue weighted by Gasteiger charge is 2.30. The summed E-state index contributed by atoms with van der Waals surface area (Å²) in [5.41, 5.74) is 0. The number of aliphatic hydroxyl groups is 1. The highest BCUT2D eigenvalue weighted by atomic mass is 32.3. The Morgan fingerprint density at radius 1 is 1.22 bits per heavy atom. The van der Waals surface area contributed by atoms with Crippen molar-refractivity contribution in [2.45, 2.75) is 18.9 Å². The van der Waals surface area contributed by atoms with Crippen LogP contribution in [0, 0.1) is 0 Å². The van der Waals surface area contributed by atoms with Gasteiger partial charge in [0.25, 0.3) is 0 Å². The van der Waals surface area contributed by atoms with Crippen molar-refractivity contribution in [3.05, 3.63) is 0 Å². The molecule has 18 heavy (non-hydrogen) atoms. The minimum absolute atomic E-state index is 0.0629. The van der Waals surface area contributed by atoms with Crippen LogP contribution in [-0.4, -0.2) is 70.0 Å². The summed E-state index contributed by atoms with van der Waals surface area (Å²) < 4.78 is 52.1. The van der Waals surface area contributed by atoms with Gasteiger partial charge in [0.05, 0.1) is 19.3 Å². The first-order valence-electron chi connectivity index (χ1n) is 5.62. The molecule has 0 atom stereocenters. The van der Waals surface area contributed by atoms with E-state index in [2.05, 4.69) is 0 Å². The van der Waals surface area contributed by atoms with Crippen molar-refractivity contribution in [3.63, 3.8) is 0 Å². The lowest BCUT2D eigenvalue weighted by atomic mass is 10.1. The molecular weight excluding hydrogens is 282 g/mol. The molecule has 1 aliphatic heterocycles. The molecular formula is C9H19NO6S2. The summed E-state index contributed by atoms with van der Waals surface area (Å²) in [5, 5.41) is 7.76. The van der Waals surface area contributed by atoms with Crippen LogP contribution in [-0.2, 0) is 24.6 Å². The van der Waals surface area contributed by atoms with Gasteiger partial charge in [0.2, 0.25) is 10.0 Å². The van der Waals surface area contributed by atoms with Crippen LogP contribution in [0.15, 0.2) is 0 Å². The molecule has 0 saturated carbocycles. The molecule has 0 aromatic rings. The van der Waals surface area contributed by atoms with E-state index in [0.29, 0.717) is 12.8 Å². The standard InChI is InChI=1S/C9H19NO6S2/c1-17(12,13)8-18(14,15)10-4-2-9(3-5-10)16-7-6-11/h9,11H,2-8H2,1H3. The van der Waals surface area contributed by atoms with Crippen LogP contribution in [0.25, 0.3) is 0 Å². The van der Waals surface area contributed by atoms with Crippen LogP contribution in [0.2, 0.25) is 0 Å². The molecule has 1 heterocycles. The Labute approximate surface area is 108 Å². The SMILES string of the molecule is CS(=O)(=O)CS(=O)(=O)N1CCC(OCCO)CC1.